The molecule has 0 atom stereocenters. The van der Waals surface area contributed by atoms with E-state index in [4.69, 9.17) is 14.5 Å². The highest BCUT2D eigenvalue weighted by Gasteiger charge is 2.20. The third-order valence-corrected chi connectivity index (χ3v) is 3.37. The molecule has 0 saturated carbocycles. The lowest BCUT2D eigenvalue weighted by Crippen LogP contribution is -1.92. The van der Waals surface area contributed by atoms with Crippen molar-refractivity contribution < 1.29 is 9.26 Å². The van der Waals surface area contributed by atoms with Gasteiger partial charge in [-0.15, -0.1) is 0 Å². The van der Waals surface area contributed by atoms with Gasteiger partial charge in [0, 0.05) is 0 Å². The smallest absolute Gasteiger partial charge is 0.198 e. The molecule has 2 aromatic rings. The average molecular weight is 307 g/mol. The van der Waals surface area contributed by atoms with Gasteiger partial charge in [-0.05, 0) is 47.0 Å². The maximum atomic E-state index is 8.88. The predicted octanol–water partition coefficient (Wildman–Crippen LogP) is 3.60. The Morgan fingerprint density at radius 2 is 2.11 bits per heavy atom. The van der Waals surface area contributed by atoms with Gasteiger partial charge < -0.3 is 9.26 Å². The van der Waals surface area contributed by atoms with E-state index >= 15 is 0 Å². The summed E-state index contributed by atoms with van der Waals surface area (Å²) in [5.74, 6) is 1.22. The van der Waals surface area contributed by atoms with Crippen LogP contribution in [0.4, 0.5) is 0 Å². The first kappa shape index (κ1) is 12.7. The van der Waals surface area contributed by atoms with E-state index in [1.54, 1.807) is 7.11 Å². The number of halogens is 1. The van der Waals surface area contributed by atoms with Crippen molar-refractivity contribution in [1.82, 2.24) is 5.16 Å². The molecule has 0 unspecified atom stereocenters. The fraction of sp³-hybridized carbons (Fsp3) is 0.231. The third kappa shape index (κ3) is 2.00. The molecule has 0 aliphatic heterocycles. The highest BCUT2D eigenvalue weighted by Crippen LogP contribution is 2.39. The first-order valence-electron chi connectivity index (χ1n) is 5.29. The maximum Gasteiger partial charge on any atom is 0.198 e. The summed E-state index contributed by atoms with van der Waals surface area (Å²) in [4.78, 5) is 0. The molecule has 0 fully saturated rings. The highest BCUT2D eigenvalue weighted by atomic mass is 79.9. The van der Waals surface area contributed by atoms with E-state index in [0.29, 0.717) is 16.0 Å². The molecule has 0 aliphatic carbocycles. The largest absolute Gasteiger partial charge is 0.496 e. The number of aromatic nitrogens is 1. The lowest BCUT2D eigenvalue weighted by Gasteiger charge is -2.10. The summed E-state index contributed by atoms with van der Waals surface area (Å²) in [5.41, 5.74) is 3.15. The zero-order valence-corrected chi connectivity index (χ0v) is 11.8. The van der Waals surface area contributed by atoms with Gasteiger partial charge in [0.2, 0.25) is 0 Å². The van der Waals surface area contributed by atoms with E-state index in [0.717, 1.165) is 16.7 Å². The van der Waals surface area contributed by atoms with Crippen LogP contribution in [0.3, 0.4) is 0 Å². The molecule has 0 amide bonds. The topological polar surface area (TPSA) is 59.1 Å². The monoisotopic (exact) mass is 306 g/mol. The molecule has 0 bridgehead atoms. The predicted molar refractivity (Wildman–Crippen MR) is 70.4 cm³/mol. The van der Waals surface area contributed by atoms with E-state index in [-0.39, 0.29) is 5.69 Å². The van der Waals surface area contributed by atoms with Gasteiger partial charge in [-0.2, -0.15) is 5.26 Å². The van der Waals surface area contributed by atoms with Crippen molar-refractivity contribution in [3.05, 3.63) is 33.4 Å². The minimum Gasteiger partial charge on any atom is -0.496 e. The number of rotatable bonds is 2. The Balaban J connectivity index is 2.71. The molecule has 0 saturated heterocycles. The van der Waals surface area contributed by atoms with Crippen molar-refractivity contribution in [2.24, 2.45) is 0 Å². The molecule has 0 aliphatic rings. The Hall–Kier alpha value is -1.80. The zero-order valence-electron chi connectivity index (χ0n) is 10.2. The number of ether oxygens (including phenoxy) is 1. The summed E-state index contributed by atoms with van der Waals surface area (Å²) in [6.45, 7) is 3.96. The molecule has 5 heteroatoms. The average Bonchev–Trinajstić information content (AvgIpc) is 2.69. The second kappa shape index (κ2) is 4.83. The fourth-order valence-electron chi connectivity index (χ4n) is 1.88. The van der Waals surface area contributed by atoms with Crippen LogP contribution in [0.1, 0.15) is 16.8 Å². The molecule has 18 heavy (non-hydrogen) atoms. The summed E-state index contributed by atoms with van der Waals surface area (Å²) in [5, 5.41) is 12.6. The lowest BCUT2D eigenvalue weighted by molar-refractivity contribution is 0.404. The Kier molecular flexibility index (Phi) is 3.39. The first-order chi connectivity index (χ1) is 8.58. The van der Waals surface area contributed by atoms with E-state index < -0.39 is 0 Å². The van der Waals surface area contributed by atoms with Gasteiger partial charge in [0.15, 0.2) is 11.5 Å². The molecule has 4 nitrogen and oxygen atoms in total. The molecule has 0 N–H and O–H groups in total. The van der Waals surface area contributed by atoms with Crippen molar-refractivity contribution in [2.75, 3.05) is 7.11 Å². The van der Waals surface area contributed by atoms with E-state index in [1.165, 1.54) is 0 Å². The molecular weight excluding hydrogens is 296 g/mol. The van der Waals surface area contributed by atoms with Gasteiger partial charge in [-0.25, -0.2) is 0 Å². The second-order valence-corrected chi connectivity index (χ2v) is 4.74. The van der Waals surface area contributed by atoms with Crippen LogP contribution in [-0.2, 0) is 0 Å². The second-order valence-electron chi connectivity index (χ2n) is 3.95. The van der Waals surface area contributed by atoms with E-state index in [1.807, 2.05) is 32.0 Å². The third-order valence-electron chi connectivity index (χ3n) is 2.63. The summed E-state index contributed by atoms with van der Waals surface area (Å²) < 4.78 is 11.2. The number of hydrogen-bond acceptors (Lipinski definition) is 4. The summed E-state index contributed by atoms with van der Waals surface area (Å²) >= 11 is 3.33. The number of nitrogens with zero attached hydrogens (tertiary/aromatic N) is 2. The Labute approximate surface area is 113 Å². The minimum absolute atomic E-state index is 0.229. The standard InChI is InChI=1S/C13H11BrN2O2/c1-7-4-8(2)11(10(5-7)17-3)13-12(14)9(6-15)16-18-13/h4-5H,1-3H3. The van der Waals surface area contributed by atoms with Crippen molar-refractivity contribution in [3.8, 4) is 23.1 Å². The van der Waals surface area contributed by atoms with Gasteiger partial charge in [0.1, 0.15) is 16.3 Å². The zero-order chi connectivity index (χ0) is 13.3. The van der Waals surface area contributed by atoms with Crippen LogP contribution in [0.5, 0.6) is 5.75 Å². The Morgan fingerprint density at radius 3 is 2.67 bits per heavy atom. The summed E-state index contributed by atoms with van der Waals surface area (Å²) in [6.07, 6.45) is 0. The van der Waals surface area contributed by atoms with Crippen LogP contribution < -0.4 is 4.74 Å². The Morgan fingerprint density at radius 1 is 1.39 bits per heavy atom. The number of nitriles is 1. The van der Waals surface area contributed by atoms with E-state index in [9.17, 15) is 0 Å². The van der Waals surface area contributed by atoms with Crippen LogP contribution >= 0.6 is 15.9 Å². The van der Waals surface area contributed by atoms with Gasteiger partial charge in [-0.3, -0.25) is 0 Å². The van der Waals surface area contributed by atoms with Gasteiger partial charge in [0.05, 0.1) is 12.7 Å². The van der Waals surface area contributed by atoms with Crippen molar-refractivity contribution >= 4 is 15.9 Å². The van der Waals surface area contributed by atoms with Gasteiger partial charge in [0.25, 0.3) is 0 Å². The molecule has 1 aromatic heterocycles. The van der Waals surface area contributed by atoms with Crippen LogP contribution in [0.15, 0.2) is 21.1 Å². The van der Waals surface area contributed by atoms with Gasteiger partial charge >= 0.3 is 0 Å². The highest BCUT2D eigenvalue weighted by molar-refractivity contribution is 9.10. The molecule has 1 aromatic carbocycles. The molecule has 1 heterocycles. The van der Waals surface area contributed by atoms with Crippen LogP contribution in [0.25, 0.3) is 11.3 Å². The number of aryl methyl sites for hydroxylation is 2. The summed E-state index contributed by atoms with van der Waals surface area (Å²) in [6, 6.07) is 5.91. The number of methoxy groups -OCH3 is 1. The normalized spacial score (nSPS) is 10.2. The van der Waals surface area contributed by atoms with Crippen molar-refractivity contribution in [1.29, 1.82) is 5.26 Å². The van der Waals surface area contributed by atoms with Crippen molar-refractivity contribution in [2.45, 2.75) is 13.8 Å². The van der Waals surface area contributed by atoms with E-state index in [2.05, 4.69) is 21.1 Å². The van der Waals surface area contributed by atoms with Crippen LogP contribution in [0.2, 0.25) is 0 Å². The molecular formula is C13H11BrN2O2. The molecule has 2 rings (SSSR count). The SMILES string of the molecule is COc1cc(C)cc(C)c1-c1onc(C#N)c1Br. The minimum atomic E-state index is 0.229. The first-order valence-corrected chi connectivity index (χ1v) is 6.08. The van der Waals surface area contributed by atoms with Crippen LogP contribution in [0, 0.1) is 25.2 Å². The fourth-order valence-corrected chi connectivity index (χ4v) is 2.32. The summed E-state index contributed by atoms with van der Waals surface area (Å²) in [7, 11) is 1.60. The number of hydrogen-bond donors (Lipinski definition) is 0. The maximum absolute atomic E-state index is 8.88. The quantitative estimate of drug-likeness (QED) is 0.850. The lowest BCUT2D eigenvalue weighted by atomic mass is 10.0. The van der Waals surface area contributed by atoms with Gasteiger partial charge in [-0.1, -0.05) is 11.2 Å². The number of benzene rings is 1. The molecule has 0 spiro atoms. The van der Waals surface area contributed by atoms with Crippen LogP contribution in [-0.4, -0.2) is 12.3 Å². The molecule has 0 radical (unpaired) electrons. The molecule has 92 valence electrons. The Bertz CT molecular complexity index is 641. The van der Waals surface area contributed by atoms with Crippen molar-refractivity contribution in [3.63, 3.8) is 0 Å².